The minimum Gasteiger partial charge on any atom is -0.460 e. The molecule has 2 aromatic heterocycles. The van der Waals surface area contributed by atoms with Crippen LogP contribution in [-0.2, 0) is 27.5 Å². The summed E-state index contributed by atoms with van der Waals surface area (Å²) in [5.74, 6) is -0.520. The molecule has 1 atom stereocenters. The molecule has 1 saturated carbocycles. The van der Waals surface area contributed by atoms with Crippen molar-refractivity contribution in [1.82, 2.24) is 19.4 Å². The molecule has 0 unspecified atom stereocenters. The van der Waals surface area contributed by atoms with Crippen LogP contribution in [-0.4, -0.2) is 62.8 Å². The molecule has 1 aliphatic carbocycles. The van der Waals surface area contributed by atoms with Gasteiger partial charge in [-0.1, -0.05) is 63.7 Å². The number of aromatic nitrogens is 2. The maximum absolute atomic E-state index is 13.4. The Bertz CT molecular complexity index is 1930. The van der Waals surface area contributed by atoms with Crippen molar-refractivity contribution < 1.29 is 27.9 Å². The highest BCUT2D eigenvalue weighted by Crippen LogP contribution is 2.55. The number of halogens is 2. The van der Waals surface area contributed by atoms with E-state index in [1.54, 1.807) is 0 Å². The molecular weight excluding hydrogens is 685 g/mol. The van der Waals surface area contributed by atoms with E-state index in [4.69, 9.17) is 9.72 Å². The minimum atomic E-state index is -2.66. The fourth-order valence-corrected chi connectivity index (χ4v) is 8.26. The number of benzene rings is 2. The van der Waals surface area contributed by atoms with E-state index in [2.05, 4.69) is 49.1 Å². The van der Waals surface area contributed by atoms with Gasteiger partial charge in [0.05, 0.1) is 27.3 Å². The summed E-state index contributed by atoms with van der Waals surface area (Å²) in [6.07, 6.45) is 2.24. The van der Waals surface area contributed by atoms with Crippen molar-refractivity contribution >= 4 is 46.1 Å². The van der Waals surface area contributed by atoms with Crippen LogP contribution in [0.4, 0.5) is 14.7 Å². The second kappa shape index (κ2) is 15.3. The average molecular weight is 732 g/mol. The highest BCUT2D eigenvalue weighted by molar-refractivity contribution is 7.14. The maximum atomic E-state index is 13.4. The number of amides is 2. The Morgan fingerprint density at radius 3 is 2.54 bits per heavy atom. The summed E-state index contributed by atoms with van der Waals surface area (Å²) in [4.78, 5) is 47.8. The van der Waals surface area contributed by atoms with E-state index in [9.17, 15) is 23.2 Å². The molecule has 1 spiro atoms. The molecule has 276 valence electrons. The van der Waals surface area contributed by atoms with Crippen molar-refractivity contribution in [2.45, 2.75) is 85.0 Å². The molecule has 6 rings (SSSR count). The Hall–Kier alpha value is -4.42. The second-order valence-corrected chi connectivity index (χ2v) is 16.4. The number of esters is 1. The predicted octanol–water partition coefficient (Wildman–Crippen LogP) is 8.40. The van der Waals surface area contributed by atoms with E-state index in [0.29, 0.717) is 31.1 Å². The van der Waals surface area contributed by atoms with E-state index in [0.717, 1.165) is 53.7 Å². The van der Waals surface area contributed by atoms with Gasteiger partial charge in [-0.15, -0.1) is 11.3 Å². The first-order valence-electron chi connectivity index (χ1n) is 17.8. The summed E-state index contributed by atoms with van der Waals surface area (Å²) < 4.78 is 34.4. The van der Waals surface area contributed by atoms with Crippen molar-refractivity contribution in [1.29, 1.82) is 0 Å². The molecule has 4 aromatic rings. The third-order valence-electron chi connectivity index (χ3n) is 10.7. The molecule has 1 N–H and O–H groups in total. The largest absolute Gasteiger partial charge is 0.460 e. The molecule has 12 heteroatoms. The van der Waals surface area contributed by atoms with Gasteiger partial charge in [0.2, 0.25) is 11.9 Å². The quantitative estimate of drug-likeness (QED) is 0.116. The summed E-state index contributed by atoms with van der Waals surface area (Å²) in [6, 6.07) is 18.3. The first-order valence-corrected chi connectivity index (χ1v) is 18.6. The van der Waals surface area contributed by atoms with Crippen molar-refractivity contribution in [2.75, 3.05) is 25.0 Å². The number of thiophene rings is 1. The highest BCUT2D eigenvalue weighted by Gasteiger charge is 2.49. The van der Waals surface area contributed by atoms with E-state index < -0.39 is 12.3 Å². The first-order chi connectivity index (χ1) is 24.7. The van der Waals surface area contributed by atoms with Crippen molar-refractivity contribution in [3.63, 3.8) is 0 Å². The first kappa shape index (κ1) is 37.3. The van der Waals surface area contributed by atoms with Gasteiger partial charge in [-0.3, -0.25) is 24.6 Å². The summed E-state index contributed by atoms with van der Waals surface area (Å²) in [7, 11) is 0. The SMILES string of the molecule is C=CC(=O)N1CCC[C@]2(C1)C[C@@H](n1c(NC(=O)c3ccc(C(F)F)s3)nc3cc(CN(CC(=O)OCc4ccccc4)[C@@H](C)C(C)(C)C)ccc31)C2. The molecule has 2 aliphatic rings. The Balaban J connectivity index is 1.26. The number of piperidine rings is 1. The van der Waals surface area contributed by atoms with E-state index in [-0.39, 0.29) is 57.7 Å². The van der Waals surface area contributed by atoms with Gasteiger partial charge in [0.25, 0.3) is 12.3 Å². The van der Waals surface area contributed by atoms with Crippen LogP contribution in [0.3, 0.4) is 0 Å². The monoisotopic (exact) mass is 731 g/mol. The van der Waals surface area contributed by atoms with E-state index in [1.165, 1.54) is 18.2 Å². The lowest BCUT2D eigenvalue weighted by Crippen LogP contribution is -2.52. The number of imidazole rings is 1. The smallest absolute Gasteiger partial charge is 0.320 e. The van der Waals surface area contributed by atoms with Crippen LogP contribution in [0.2, 0.25) is 0 Å². The number of hydrogen-bond acceptors (Lipinski definition) is 7. The third kappa shape index (κ3) is 8.28. The fraction of sp³-hybridized carbons (Fsp3) is 0.450. The lowest BCUT2D eigenvalue weighted by Gasteiger charge is -2.53. The molecule has 9 nitrogen and oxygen atoms in total. The molecule has 1 aliphatic heterocycles. The van der Waals surface area contributed by atoms with E-state index in [1.807, 2.05) is 53.4 Å². The normalized spacial score (nSPS) is 19.5. The zero-order valence-corrected chi connectivity index (χ0v) is 31.1. The number of nitrogens with one attached hydrogen (secondary N) is 1. The van der Waals surface area contributed by atoms with Crippen molar-refractivity contribution in [3.05, 3.63) is 94.2 Å². The summed E-state index contributed by atoms with van der Waals surface area (Å²) in [5.41, 5.74) is 3.23. The molecule has 52 heavy (non-hydrogen) atoms. The van der Waals surface area contributed by atoms with Crippen LogP contribution in [0.25, 0.3) is 11.0 Å². The summed E-state index contributed by atoms with van der Waals surface area (Å²) in [5, 5.41) is 2.93. The Kier molecular flexibility index (Phi) is 11.0. The van der Waals surface area contributed by atoms with Crippen LogP contribution in [0.5, 0.6) is 0 Å². The van der Waals surface area contributed by atoms with Gasteiger partial charge >= 0.3 is 5.97 Å². The number of ether oxygens (including phenoxy) is 1. The molecule has 2 aromatic carbocycles. The number of hydrogen-bond donors (Lipinski definition) is 1. The van der Waals surface area contributed by atoms with Crippen molar-refractivity contribution in [2.24, 2.45) is 10.8 Å². The molecule has 2 amide bonds. The number of alkyl halides is 2. The number of fused-ring (bicyclic) bond motifs is 1. The Labute approximate surface area is 307 Å². The molecule has 1 saturated heterocycles. The van der Waals surface area contributed by atoms with Gasteiger partial charge in [0.1, 0.15) is 6.61 Å². The van der Waals surface area contributed by atoms with Crippen LogP contribution >= 0.6 is 11.3 Å². The Morgan fingerprint density at radius 1 is 1.12 bits per heavy atom. The summed E-state index contributed by atoms with van der Waals surface area (Å²) >= 11 is 0.765. The number of rotatable bonds is 12. The van der Waals surface area contributed by atoms with Crippen LogP contribution < -0.4 is 5.32 Å². The number of carbonyl (C=O) groups is 3. The zero-order valence-electron chi connectivity index (χ0n) is 30.2. The average Bonchev–Trinajstić information content (AvgIpc) is 3.74. The Morgan fingerprint density at radius 2 is 1.87 bits per heavy atom. The van der Waals surface area contributed by atoms with Gasteiger partial charge in [-0.05, 0) is 84.9 Å². The molecule has 3 heterocycles. The fourth-order valence-electron chi connectivity index (χ4n) is 7.50. The molecular formula is C40H47F2N5O4S. The molecule has 0 bridgehead atoms. The number of nitrogens with zero attached hydrogens (tertiary/aromatic N) is 4. The highest BCUT2D eigenvalue weighted by atomic mass is 32.1. The third-order valence-corrected chi connectivity index (χ3v) is 11.7. The zero-order chi connectivity index (χ0) is 37.2. The predicted molar refractivity (Wildman–Crippen MR) is 199 cm³/mol. The van der Waals surface area contributed by atoms with Crippen LogP contribution in [0, 0.1) is 10.8 Å². The molecule has 2 fully saturated rings. The molecule has 0 radical (unpaired) electrons. The summed E-state index contributed by atoms with van der Waals surface area (Å²) in [6.45, 7) is 14.3. The maximum Gasteiger partial charge on any atom is 0.320 e. The van der Waals surface area contributed by atoms with Gasteiger partial charge in [-0.2, -0.15) is 0 Å². The lowest BCUT2D eigenvalue weighted by molar-refractivity contribution is -0.147. The van der Waals surface area contributed by atoms with Gasteiger partial charge in [0, 0.05) is 31.7 Å². The van der Waals surface area contributed by atoms with Crippen LogP contribution in [0.15, 0.2) is 73.3 Å². The number of likely N-dealkylation sites (tertiary alicyclic amines) is 1. The van der Waals surface area contributed by atoms with Crippen LogP contribution in [0.1, 0.15) is 91.5 Å². The number of anilines is 1. The standard InChI is InChI=1S/C40H47F2N5O4S/c1-6-34(48)45-18-10-17-40(25-45)20-29(21-40)47-31-14-13-28(19-30(31)43-38(47)44-37(50)33-16-15-32(52-33)36(41)42)22-46(26(2)39(3,4)5)23-35(49)51-24-27-11-8-7-9-12-27/h6-9,11-16,19,26,29,36H,1,10,17-18,20-25H2,2-5H3,(H,43,44,50)/t26-,29-,40+/m0/s1. The topological polar surface area (TPSA) is 96.8 Å². The van der Waals surface area contributed by atoms with Gasteiger partial charge in [0.15, 0.2) is 0 Å². The van der Waals surface area contributed by atoms with Crippen molar-refractivity contribution in [3.8, 4) is 0 Å². The van der Waals surface area contributed by atoms with Gasteiger partial charge < -0.3 is 14.2 Å². The van der Waals surface area contributed by atoms with E-state index >= 15 is 0 Å². The minimum absolute atomic E-state index is 0.0155. The van der Waals surface area contributed by atoms with Gasteiger partial charge in [-0.25, -0.2) is 13.8 Å². The number of carbonyl (C=O) groups excluding carboxylic acids is 3. The second-order valence-electron chi connectivity index (χ2n) is 15.3. The lowest BCUT2D eigenvalue weighted by atomic mass is 9.61.